The predicted octanol–water partition coefficient (Wildman–Crippen LogP) is 2.54. The zero-order valence-electron chi connectivity index (χ0n) is 10.8. The lowest BCUT2D eigenvalue weighted by molar-refractivity contribution is -0.144. The van der Waals surface area contributed by atoms with E-state index in [2.05, 4.69) is 0 Å². The molecule has 0 spiro atoms. The zero-order valence-corrected chi connectivity index (χ0v) is 10.8. The maximum Gasteiger partial charge on any atom is 0.315 e. The van der Waals surface area contributed by atoms with Gasteiger partial charge in [-0.25, -0.2) is 4.39 Å². The Kier molecular flexibility index (Phi) is 4.84. The highest BCUT2D eigenvalue weighted by Gasteiger charge is 2.40. The van der Waals surface area contributed by atoms with E-state index in [0.717, 1.165) is 6.42 Å². The number of carbonyl (C=O) groups is 1. The van der Waals surface area contributed by atoms with Gasteiger partial charge in [-0.3, -0.25) is 4.79 Å². The predicted molar refractivity (Wildman–Crippen MR) is 68.8 cm³/mol. The minimum atomic E-state index is -1.12. The Morgan fingerprint density at radius 1 is 1.44 bits per heavy atom. The van der Waals surface area contributed by atoms with E-state index in [-0.39, 0.29) is 18.3 Å². The van der Waals surface area contributed by atoms with E-state index in [4.69, 9.17) is 5.73 Å². The molecule has 100 valence electrons. The van der Waals surface area contributed by atoms with Crippen molar-refractivity contribution in [3.05, 3.63) is 35.6 Å². The molecule has 18 heavy (non-hydrogen) atoms. The van der Waals surface area contributed by atoms with Crippen molar-refractivity contribution in [3.63, 3.8) is 0 Å². The molecule has 3 nitrogen and oxygen atoms in total. The summed E-state index contributed by atoms with van der Waals surface area (Å²) in [4.78, 5) is 11.6. The highest BCUT2D eigenvalue weighted by molar-refractivity contribution is 5.81. The van der Waals surface area contributed by atoms with Crippen LogP contribution >= 0.6 is 0 Å². The van der Waals surface area contributed by atoms with Gasteiger partial charge in [0.25, 0.3) is 0 Å². The molecule has 0 radical (unpaired) electrons. The van der Waals surface area contributed by atoms with Gasteiger partial charge in [-0.2, -0.15) is 0 Å². The molecule has 4 heteroatoms. The summed E-state index contributed by atoms with van der Waals surface area (Å²) in [6.07, 6.45) is 1.34. The van der Waals surface area contributed by atoms with Gasteiger partial charge in [-0.1, -0.05) is 32.4 Å². The average Bonchev–Trinajstić information content (AvgIpc) is 2.36. The maximum absolute atomic E-state index is 12.9. The van der Waals surface area contributed by atoms with Crippen molar-refractivity contribution in [2.75, 3.05) is 6.54 Å². The quantitative estimate of drug-likeness (QED) is 0.819. The van der Waals surface area contributed by atoms with Gasteiger partial charge in [0.05, 0.1) is 0 Å². The van der Waals surface area contributed by atoms with Gasteiger partial charge in [-0.15, -0.1) is 0 Å². The Morgan fingerprint density at radius 2 is 2.00 bits per heavy atom. The Labute approximate surface area is 107 Å². The van der Waals surface area contributed by atoms with Gasteiger partial charge in [0.15, 0.2) is 0 Å². The van der Waals surface area contributed by atoms with Crippen molar-refractivity contribution in [3.8, 4) is 0 Å². The van der Waals surface area contributed by atoms with Gasteiger partial charge in [-0.05, 0) is 30.0 Å². The largest absolute Gasteiger partial charge is 0.481 e. The van der Waals surface area contributed by atoms with Crippen LogP contribution in [0.3, 0.4) is 0 Å². The standard InChI is InChI=1S/C14H20FNO2/c1-3-10(2)8-14(9-16,13(17)18)11-4-6-12(15)7-5-11/h4-7,10H,3,8-9,16H2,1-2H3,(H,17,18). The molecule has 0 aliphatic rings. The van der Waals surface area contributed by atoms with Crippen molar-refractivity contribution in [1.29, 1.82) is 0 Å². The van der Waals surface area contributed by atoms with Crippen LogP contribution < -0.4 is 5.73 Å². The summed E-state index contributed by atoms with van der Waals surface area (Å²) >= 11 is 0. The molecule has 0 bridgehead atoms. The van der Waals surface area contributed by atoms with Crippen molar-refractivity contribution < 1.29 is 14.3 Å². The molecule has 1 rings (SSSR count). The molecular weight excluding hydrogens is 233 g/mol. The fraction of sp³-hybridized carbons (Fsp3) is 0.500. The van der Waals surface area contributed by atoms with Crippen molar-refractivity contribution in [1.82, 2.24) is 0 Å². The third-order valence-corrected chi connectivity index (χ3v) is 3.55. The first-order chi connectivity index (χ1) is 8.46. The summed E-state index contributed by atoms with van der Waals surface area (Å²) in [5.41, 5.74) is 5.15. The van der Waals surface area contributed by atoms with Crippen molar-refractivity contribution >= 4 is 5.97 Å². The Bertz CT molecular complexity index is 405. The lowest BCUT2D eigenvalue weighted by Crippen LogP contribution is -2.44. The molecule has 1 aromatic rings. The van der Waals surface area contributed by atoms with E-state index >= 15 is 0 Å². The first-order valence-corrected chi connectivity index (χ1v) is 6.15. The molecule has 0 saturated carbocycles. The van der Waals surface area contributed by atoms with Crippen LogP contribution in [0.2, 0.25) is 0 Å². The molecule has 0 fully saturated rings. The number of carboxylic acid groups (broad SMARTS) is 1. The molecule has 0 saturated heterocycles. The number of carboxylic acids is 1. The van der Waals surface area contributed by atoms with Crippen LogP contribution in [-0.4, -0.2) is 17.6 Å². The molecule has 2 atom stereocenters. The van der Waals surface area contributed by atoms with E-state index in [0.29, 0.717) is 12.0 Å². The average molecular weight is 253 g/mol. The van der Waals surface area contributed by atoms with Crippen molar-refractivity contribution in [2.45, 2.75) is 32.1 Å². The first-order valence-electron chi connectivity index (χ1n) is 6.15. The van der Waals surface area contributed by atoms with Gasteiger partial charge in [0.2, 0.25) is 0 Å². The van der Waals surface area contributed by atoms with Crippen LogP contribution in [0.1, 0.15) is 32.3 Å². The third-order valence-electron chi connectivity index (χ3n) is 3.55. The van der Waals surface area contributed by atoms with E-state index in [1.54, 1.807) is 0 Å². The Morgan fingerprint density at radius 3 is 2.39 bits per heavy atom. The number of aliphatic carboxylic acids is 1. The molecule has 0 amide bonds. The van der Waals surface area contributed by atoms with Gasteiger partial charge in [0.1, 0.15) is 11.2 Å². The fourth-order valence-corrected chi connectivity index (χ4v) is 2.13. The monoisotopic (exact) mass is 253 g/mol. The first kappa shape index (κ1) is 14.6. The fourth-order valence-electron chi connectivity index (χ4n) is 2.13. The van der Waals surface area contributed by atoms with Gasteiger partial charge in [0, 0.05) is 6.54 Å². The maximum atomic E-state index is 12.9. The number of rotatable bonds is 6. The Hall–Kier alpha value is -1.42. The summed E-state index contributed by atoms with van der Waals surface area (Å²) in [5, 5.41) is 9.52. The summed E-state index contributed by atoms with van der Waals surface area (Å²) in [6, 6.07) is 5.58. The van der Waals surface area contributed by atoms with Gasteiger partial charge >= 0.3 is 5.97 Å². The second kappa shape index (κ2) is 5.96. The van der Waals surface area contributed by atoms with Crippen LogP contribution in [0, 0.1) is 11.7 Å². The summed E-state index contributed by atoms with van der Waals surface area (Å²) in [5.74, 6) is -1.08. The van der Waals surface area contributed by atoms with E-state index in [1.165, 1.54) is 24.3 Å². The molecule has 0 heterocycles. The number of nitrogens with two attached hydrogens (primary N) is 1. The second-order valence-electron chi connectivity index (χ2n) is 4.82. The summed E-state index contributed by atoms with van der Waals surface area (Å²) < 4.78 is 12.9. The lowest BCUT2D eigenvalue weighted by atomic mass is 9.73. The molecule has 0 aromatic heterocycles. The summed E-state index contributed by atoms with van der Waals surface area (Å²) in [7, 11) is 0. The number of halogens is 1. The van der Waals surface area contributed by atoms with Crippen LogP contribution in [0.15, 0.2) is 24.3 Å². The minimum Gasteiger partial charge on any atom is -0.481 e. The molecule has 0 aliphatic heterocycles. The Balaban J connectivity index is 3.18. The minimum absolute atomic E-state index is 0.0122. The van der Waals surface area contributed by atoms with Crippen LogP contribution in [0.5, 0.6) is 0 Å². The molecule has 2 unspecified atom stereocenters. The number of hydrogen-bond donors (Lipinski definition) is 2. The topological polar surface area (TPSA) is 63.3 Å². The van der Waals surface area contributed by atoms with E-state index < -0.39 is 11.4 Å². The zero-order chi connectivity index (χ0) is 13.8. The highest BCUT2D eigenvalue weighted by Crippen LogP contribution is 2.32. The normalized spacial score (nSPS) is 16.0. The highest BCUT2D eigenvalue weighted by atomic mass is 19.1. The lowest BCUT2D eigenvalue weighted by Gasteiger charge is -2.31. The van der Waals surface area contributed by atoms with Crippen LogP contribution in [0.4, 0.5) is 4.39 Å². The molecule has 1 aromatic carbocycles. The van der Waals surface area contributed by atoms with E-state index in [1.807, 2.05) is 13.8 Å². The number of benzene rings is 1. The SMILES string of the molecule is CCC(C)CC(CN)(C(=O)O)c1ccc(F)cc1. The number of hydrogen-bond acceptors (Lipinski definition) is 2. The third kappa shape index (κ3) is 2.88. The second-order valence-corrected chi connectivity index (χ2v) is 4.82. The van der Waals surface area contributed by atoms with Gasteiger partial charge < -0.3 is 10.8 Å². The van der Waals surface area contributed by atoms with Crippen LogP contribution in [0.25, 0.3) is 0 Å². The smallest absolute Gasteiger partial charge is 0.315 e. The summed E-state index contributed by atoms with van der Waals surface area (Å²) in [6.45, 7) is 4.02. The van der Waals surface area contributed by atoms with Crippen LogP contribution in [-0.2, 0) is 10.2 Å². The molecule has 3 N–H and O–H groups in total. The van der Waals surface area contributed by atoms with E-state index in [9.17, 15) is 14.3 Å². The molecule has 0 aliphatic carbocycles. The van der Waals surface area contributed by atoms with Crippen molar-refractivity contribution in [2.24, 2.45) is 11.7 Å². The molecular formula is C14H20FNO2.